The maximum atomic E-state index is 9.55. The van der Waals surface area contributed by atoms with Crippen LogP contribution in [0.15, 0.2) is 0 Å². The third-order valence-corrected chi connectivity index (χ3v) is 2.52. The number of rotatable bonds is 6. The summed E-state index contributed by atoms with van der Waals surface area (Å²) in [6.45, 7) is 3.64. The van der Waals surface area contributed by atoms with Crippen LogP contribution in [0.3, 0.4) is 0 Å². The molecule has 2 atom stereocenters. The fraction of sp³-hybridized carbons (Fsp3) is 1.00. The first kappa shape index (κ1) is 12.0. The van der Waals surface area contributed by atoms with Crippen molar-refractivity contribution in [1.29, 1.82) is 0 Å². The van der Waals surface area contributed by atoms with Gasteiger partial charge in [0.25, 0.3) is 0 Å². The summed E-state index contributed by atoms with van der Waals surface area (Å²) in [4.78, 5) is 0. The normalized spacial score (nSPS) is 24.9. The number of unbranched alkanes of at least 4 members (excludes halogenated alkanes) is 2. The van der Waals surface area contributed by atoms with Gasteiger partial charge in [-0.1, -0.05) is 19.8 Å². The van der Waals surface area contributed by atoms with Crippen LogP contribution in [0.4, 0.5) is 0 Å². The second-order valence-corrected chi connectivity index (χ2v) is 3.93. The van der Waals surface area contributed by atoms with Crippen molar-refractivity contribution in [2.24, 2.45) is 0 Å². The quantitative estimate of drug-likeness (QED) is 0.529. The zero-order valence-corrected chi connectivity index (χ0v) is 9.08. The van der Waals surface area contributed by atoms with Gasteiger partial charge in [-0.25, -0.2) is 0 Å². The van der Waals surface area contributed by atoms with Gasteiger partial charge < -0.3 is 14.6 Å². The molecule has 0 amide bonds. The molecular formula is C11H22O3. The minimum atomic E-state index is -0.590. The summed E-state index contributed by atoms with van der Waals surface area (Å²) in [5.41, 5.74) is 0. The Hall–Kier alpha value is -0.120. The lowest BCUT2D eigenvalue weighted by atomic mass is 10.1. The van der Waals surface area contributed by atoms with Gasteiger partial charge in [0.15, 0.2) is 6.29 Å². The largest absolute Gasteiger partial charge is 0.379 e. The van der Waals surface area contributed by atoms with Crippen LogP contribution < -0.4 is 0 Å². The van der Waals surface area contributed by atoms with Crippen molar-refractivity contribution < 1.29 is 14.6 Å². The van der Waals surface area contributed by atoms with Gasteiger partial charge in [0.05, 0.1) is 12.7 Å². The fourth-order valence-corrected chi connectivity index (χ4v) is 1.68. The molecule has 0 bridgehead atoms. The molecule has 0 aromatic carbocycles. The van der Waals surface area contributed by atoms with Gasteiger partial charge in [-0.2, -0.15) is 0 Å². The smallest absolute Gasteiger partial charge is 0.155 e. The third kappa shape index (κ3) is 4.94. The summed E-state index contributed by atoms with van der Waals surface area (Å²) in [7, 11) is 0. The molecule has 84 valence electrons. The fourth-order valence-electron chi connectivity index (χ4n) is 1.68. The Labute approximate surface area is 86.4 Å². The summed E-state index contributed by atoms with van der Waals surface area (Å²) >= 11 is 0. The van der Waals surface area contributed by atoms with Crippen LogP contribution in [-0.4, -0.2) is 30.7 Å². The molecule has 1 saturated heterocycles. The van der Waals surface area contributed by atoms with Crippen molar-refractivity contribution in [3.05, 3.63) is 0 Å². The molecule has 1 heterocycles. The SMILES string of the molecule is CCCCCC(O)OC1CCCOC1. The lowest BCUT2D eigenvalue weighted by molar-refractivity contribution is -0.168. The number of hydrogen-bond donors (Lipinski definition) is 1. The average molecular weight is 202 g/mol. The van der Waals surface area contributed by atoms with E-state index in [-0.39, 0.29) is 6.10 Å². The highest BCUT2D eigenvalue weighted by Crippen LogP contribution is 2.13. The summed E-state index contributed by atoms with van der Waals surface area (Å²) in [5.74, 6) is 0. The lowest BCUT2D eigenvalue weighted by Crippen LogP contribution is -2.30. The van der Waals surface area contributed by atoms with E-state index >= 15 is 0 Å². The minimum absolute atomic E-state index is 0.111. The van der Waals surface area contributed by atoms with Crippen LogP contribution in [0.2, 0.25) is 0 Å². The van der Waals surface area contributed by atoms with Gasteiger partial charge >= 0.3 is 0 Å². The Morgan fingerprint density at radius 3 is 3.00 bits per heavy atom. The molecule has 2 unspecified atom stereocenters. The number of hydrogen-bond acceptors (Lipinski definition) is 3. The van der Waals surface area contributed by atoms with Gasteiger partial charge in [0.2, 0.25) is 0 Å². The molecule has 0 spiro atoms. The Morgan fingerprint density at radius 2 is 2.36 bits per heavy atom. The second kappa shape index (κ2) is 7.21. The Balaban J connectivity index is 2.03. The Morgan fingerprint density at radius 1 is 1.50 bits per heavy atom. The molecule has 0 aromatic heterocycles. The van der Waals surface area contributed by atoms with E-state index in [0.29, 0.717) is 6.61 Å². The number of aliphatic hydroxyl groups is 1. The highest BCUT2D eigenvalue weighted by atomic mass is 16.6. The van der Waals surface area contributed by atoms with Gasteiger partial charge in [-0.3, -0.25) is 0 Å². The highest BCUT2D eigenvalue weighted by Gasteiger charge is 2.17. The van der Waals surface area contributed by atoms with E-state index < -0.39 is 6.29 Å². The van der Waals surface area contributed by atoms with Crippen molar-refractivity contribution in [3.63, 3.8) is 0 Å². The summed E-state index contributed by atoms with van der Waals surface area (Å²) in [6.07, 6.45) is 5.74. The summed E-state index contributed by atoms with van der Waals surface area (Å²) in [5, 5.41) is 9.55. The van der Waals surface area contributed by atoms with E-state index in [2.05, 4.69) is 6.92 Å². The van der Waals surface area contributed by atoms with E-state index in [1.165, 1.54) is 12.8 Å². The van der Waals surface area contributed by atoms with Crippen LogP contribution in [0, 0.1) is 0 Å². The average Bonchev–Trinajstić information content (AvgIpc) is 2.20. The molecule has 0 radical (unpaired) electrons. The van der Waals surface area contributed by atoms with E-state index in [4.69, 9.17) is 9.47 Å². The number of aliphatic hydroxyl groups excluding tert-OH is 1. The zero-order valence-electron chi connectivity index (χ0n) is 9.08. The molecule has 0 aromatic rings. The van der Waals surface area contributed by atoms with Gasteiger partial charge in [-0.15, -0.1) is 0 Å². The molecule has 1 N–H and O–H groups in total. The van der Waals surface area contributed by atoms with Gasteiger partial charge in [-0.05, 0) is 25.7 Å². The van der Waals surface area contributed by atoms with Crippen LogP contribution in [-0.2, 0) is 9.47 Å². The maximum absolute atomic E-state index is 9.55. The standard InChI is InChI=1S/C11H22O3/c1-2-3-4-7-11(12)14-10-6-5-8-13-9-10/h10-12H,2-9H2,1H3. The van der Waals surface area contributed by atoms with E-state index in [9.17, 15) is 5.11 Å². The molecule has 3 heteroatoms. The van der Waals surface area contributed by atoms with Crippen molar-refractivity contribution in [1.82, 2.24) is 0 Å². The third-order valence-electron chi connectivity index (χ3n) is 2.52. The van der Waals surface area contributed by atoms with Crippen molar-refractivity contribution >= 4 is 0 Å². The first-order valence-electron chi connectivity index (χ1n) is 5.74. The molecule has 1 aliphatic heterocycles. The van der Waals surface area contributed by atoms with Crippen LogP contribution in [0.1, 0.15) is 45.4 Å². The Bertz CT molecular complexity index is 132. The van der Waals surface area contributed by atoms with Gasteiger partial charge in [0, 0.05) is 6.61 Å². The summed E-state index contributed by atoms with van der Waals surface area (Å²) < 4.78 is 10.7. The molecule has 0 aliphatic carbocycles. The van der Waals surface area contributed by atoms with E-state index in [0.717, 1.165) is 32.3 Å². The molecular weight excluding hydrogens is 180 g/mol. The predicted molar refractivity (Wildman–Crippen MR) is 55.1 cm³/mol. The molecule has 1 aliphatic rings. The topological polar surface area (TPSA) is 38.7 Å². The van der Waals surface area contributed by atoms with Crippen molar-refractivity contribution in [3.8, 4) is 0 Å². The van der Waals surface area contributed by atoms with Crippen LogP contribution in [0.25, 0.3) is 0 Å². The van der Waals surface area contributed by atoms with Crippen molar-refractivity contribution in [2.75, 3.05) is 13.2 Å². The second-order valence-electron chi connectivity index (χ2n) is 3.93. The summed E-state index contributed by atoms with van der Waals surface area (Å²) in [6, 6.07) is 0. The monoisotopic (exact) mass is 202 g/mol. The molecule has 0 saturated carbocycles. The minimum Gasteiger partial charge on any atom is -0.379 e. The first-order chi connectivity index (χ1) is 6.83. The lowest BCUT2D eigenvalue weighted by Gasteiger charge is -2.25. The van der Waals surface area contributed by atoms with Crippen LogP contribution in [0.5, 0.6) is 0 Å². The highest BCUT2D eigenvalue weighted by molar-refractivity contribution is 4.62. The predicted octanol–water partition coefficient (Wildman–Crippen LogP) is 2.08. The maximum Gasteiger partial charge on any atom is 0.155 e. The molecule has 14 heavy (non-hydrogen) atoms. The van der Waals surface area contributed by atoms with E-state index in [1.54, 1.807) is 0 Å². The molecule has 1 rings (SSSR count). The zero-order chi connectivity index (χ0) is 10.2. The van der Waals surface area contributed by atoms with Crippen molar-refractivity contribution in [2.45, 2.75) is 57.8 Å². The molecule has 1 fully saturated rings. The number of ether oxygens (including phenoxy) is 2. The first-order valence-corrected chi connectivity index (χ1v) is 5.74. The Kier molecular flexibility index (Phi) is 6.15. The van der Waals surface area contributed by atoms with E-state index in [1.807, 2.05) is 0 Å². The van der Waals surface area contributed by atoms with Gasteiger partial charge in [0.1, 0.15) is 0 Å². The molecule has 3 nitrogen and oxygen atoms in total. The van der Waals surface area contributed by atoms with Crippen LogP contribution >= 0.6 is 0 Å².